The minimum atomic E-state index is -0.794. The summed E-state index contributed by atoms with van der Waals surface area (Å²) in [6, 6.07) is 0.916. The second-order valence-electron chi connectivity index (χ2n) is 4.90. The summed E-state index contributed by atoms with van der Waals surface area (Å²) in [5.41, 5.74) is 4.76. The molecule has 0 bridgehead atoms. The molecule has 2 aromatic rings. The Balaban J connectivity index is 2.35. The number of hydrogen-bond donors (Lipinski definition) is 2. The smallest absolute Gasteiger partial charge is 0.276 e. The molecule has 0 saturated heterocycles. The van der Waals surface area contributed by atoms with E-state index in [1.807, 2.05) is 0 Å². The van der Waals surface area contributed by atoms with E-state index >= 15 is 0 Å². The number of nitrogen functional groups attached to an aromatic ring is 1. The summed E-state index contributed by atoms with van der Waals surface area (Å²) in [5, 5.41) is 9.68. The molecule has 1 aromatic carbocycles. The number of rotatable bonds is 1. The summed E-state index contributed by atoms with van der Waals surface area (Å²) in [6.07, 6.45) is 1.74. The number of hydrogen-bond acceptors (Lipinski definition) is 3. The van der Waals surface area contributed by atoms with Crippen molar-refractivity contribution in [3.05, 3.63) is 32.4 Å². The largest absolute Gasteiger partial charge is 0.504 e. The molecule has 0 spiro atoms. The second kappa shape index (κ2) is 4.96. The molecule has 8 heteroatoms. The molecule has 0 unspecified atom stereocenters. The maximum Gasteiger partial charge on any atom is 0.276 e. The molecule has 0 amide bonds. The van der Waals surface area contributed by atoms with E-state index in [-0.39, 0.29) is 27.0 Å². The first-order valence-corrected chi connectivity index (χ1v) is 7.15. The number of halogens is 3. The van der Waals surface area contributed by atoms with Gasteiger partial charge in [-0.05, 0) is 18.9 Å². The van der Waals surface area contributed by atoms with Gasteiger partial charge in [-0.3, -0.25) is 9.48 Å². The number of aromatic hydroxyl groups is 1. The normalized spacial score (nSPS) is 14.2. The number of nitrogens with zero attached hydrogens (tertiary/aromatic N) is 2. The number of nitrogens with two attached hydrogens (primary N) is 1. The lowest BCUT2D eigenvalue weighted by atomic mass is 10.1. The van der Waals surface area contributed by atoms with Gasteiger partial charge in [0.05, 0.1) is 21.8 Å². The predicted molar refractivity (Wildman–Crippen MR) is 79.4 cm³/mol. The van der Waals surface area contributed by atoms with Crippen molar-refractivity contribution >= 4 is 28.9 Å². The molecular formula is C13H12Cl2FN3O2. The van der Waals surface area contributed by atoms with Gasteiger partial charge in [0.1, 0.15) is 11.0 Å². The maximum absolute atomic E-state index is 14.2. The third-order valence-corrected chi connectivity index (χ3v) is 4.33. The number of fused-ring (bicyclic) bond motifs is 1. The Morgan fingerprint density at radius 3 is 2.43 bits per heavy atom. The first kappa shape index (κ1) is 14.3. The Morgan fingerprint density at radius 1 is 1.19 bits per heavy atom. The van der Waals surface area contributed by atoms with E-state index in [1.54, 1.807) is 4.68 Å². The zero-order chi connectivity index (χ0) is 15.3. The van der Waals surface area contributed by atoms with Gasteiger partial charge in [0.15, 0.2) is 5.75 Å². The number of benzene rings is 1. The first-order chi connectivity index (χ1) is 9.93. The van der Waals surface area contributed by atoms with E-state index in [0.717, 1.165) is 18.9 Å². The molecule has 3 rings (SSSR count). The quantitative estimate of drug-likeness (QED) is 0.623. The van der Waals surface area contributed by atoms with Crippen molar-refractivity contribution in [3.8, 4) is 16.9 Å². The van der Waals surface area contributed by atoms with Crippen molar-refractivity contribution < 1.29 is 9.50 Å². The maximum atomic E-state index is 14.2. The SMILES string of the molecule is Nc1c(O)c(Cl)cc(F)c1-c1c(Cl)n2n(c1=O)CCCC2. The van der Waals surface area contributed by atoms with Gasteiger partial charge in [-0.25, -0.2) is 9.07 Å². The van der Waals surface area contributed by atoms with Gasteiger partial charge in [-0.1, -0.05) is 23.2 Å². The minimum absolute atomic E-state index is 0.0412. The van der Waals surface area contributed by atoms with Crippen LogP contribution in [-0.2, 0) is 13.1 Å². The fourth-order valence-corrected chi connectivity index (χ4v) is 3.17. The van der Waals surface area contributed by atoms with E-state index in [2.05, 4.69) is 0 Å². The highest BCUT2D eigenvalue weighted by molar-refractivity contribution is 6.34. The van der Waals surface area contributed by atoms with Crippen LogP contribution in [0, 0.1) is 5.82 Å². The highest BCUT2D eigenvalue weighted by Crippen LogP contribution is 2.41. The first-order valence-electron chi connectivity index (χ1n) is 6.39. The Labute approximate surface area is 129 Å². The molecule has 1 aliphatic heterocycles. The van der Waals surface area contributed by atoms with Crippen molar-refractivity contribution in [2.45, 2.75) is 25.9 Å². The molecule has 0 radical (unpaired) electrons. The van der Waals surface area contributed by atoms with Crippen LogP contribution in [0.25, 0.3) is 11.1 Å². The Morgan fingerprint density at radius 2 is 1.81 bits per heavy atom. The molecule has 1 aromatic heterocycles. The van der Waals surface area contributed by atoms with Crippen LogP contribution in [0.3, 0.4) is 0 Å². The zero-order valence-electron chi connectivity index (χ0n) is 10.9. The lowest BCUT2D eigenvalue weighted by molar-refractivity contribution is 0.356. The summed E-state index contributed by atoms with van der Waals surface area (Å²) in [5.74, 6) is -1.25. The molecular weight excluding hydrogens is 320 g/mol. The minimum Gasteiger partial charge on any atom is -0.504 e. The topological polar surface area (TPSA) is 73.2 Å². The highest BCUT2D eigenvalue weighted by atomic mass is 35.5. The Bertz CT molecular complexity index is 798. The van der Waals surface area contributed by atoms with Gasteiger partial charge in [0.25, 0.3) is 5.56 Å². The molecule has 1 aliphatic rings. The van der Waals surface area contributed by atoms with Crippen LogP contribution < -0.4 is 11.3 Å². The van der Waals surface area contributed by atoms with E-state index in [1.165, 1.54) is 4.68 Å². The summed E-state index contributed by atoms with van der Waals surface area (Å²) in [7, 11) is 0. The van der Waals surface area contributed by atoms with Crippen molar-refractivity contribution in [1.29, 1.82) is 0 Å². The van der Waals surface area contributed by atoms with Gasteiger partial charge in [-0.2, -0.15) is 0 Å². The van der Waals surface area contributed by atoms with Gasteiger partial charge < -0.3 is 10.8 Å². The molecule has 0 aliphatic carbocycles. The number of anilines is 1. The second-order valence-corrected chi connectivity index (χ2v) is 5.67. The van der Waals surface area contributed by atoms with Crippen molar-refractivity contribution in [2.75, 3.05) is 5.73 Å². The molecule has 112 valence electrons. The number of phenolic OH excluding ortho intramolecular Hbond substituents is 1. The lowest BCUT2D eigenvalue weighted by Crippen LogP contribution is -2.27. The number of aromatic nitrogens is 2. The molecule has 0 fully saturated rings. The summed E-state index contributed by atoms with van der Waals surface area (Å²) in [4.78, 5) is 12.5. The molecule has 0 atom stereocenters. The monoisotopic (exact) mass is 331 g/mol. The average Bonchev–Trinajstić information content (AvgIpc) is 2.71. The standard InChI is InChI=1S/C13H12Cl2FN3O2/c14-6-5-7(16)8(10(17)11(6)20)9-12(15)18-3-1-2-4-19(18)13(9)21/h5,20H,1-4,17H2. The van der Waals surface area contributed by atoms with Crippen LogP contribution in [0.4, 0.5) is 10.1 Å². The molecule has 5 nitrogen and oxygen atoms in total. The van der Waals surface area contributed by atoms with E-state index in [9.17, 15) is 14.3 Å². The van der Waals surface area contributed by atoms with Crippen molar-refractivity contribution in [2.24, 2.45) is 0 Å². The molecule has 21 heavy (non-hydrogen) atoms. The highest BCUT2D eigenvalue weighted by Gasteiger charge is 2.27. The Kier molecular flexibility index (Phi) is 3.37. The fourth-order valence-electron chi connectivity index (χ4n) is 2.62. The third-order valence-electron chi connectivity index (χ3n) is 3.66. The van der Waals surface area contributed by atoms with Crippen LogP contribution in [0.1, 0.15) is 12.8 Å². The zero-order valence-corrected chi connectivity index (χ0v) is 12.4. The van der Waals surface area contributed by atoms with Crippen LogP contribution in [0.5, 0.6) is 5.75 Å². The average molecular weight is 332 g/mol. The van der Waals surface area contributed by atoms with E-state index < -0.39 is 17.1 Å². The van der Waals surface area contributed by atoms with Crippen LogP contribution >= 0.6 is 23.2 Å². The van der Waals surface area contributed by atoms with Crippen molar-refractivity contribution in [1.82, 2.24) is 9.36 Å². The molecule has 0 saturated carbocycles. The van der Waals surface area contributed by atoms with Gasteiger partial charge in [0, 0.05) is 13.1 Å². The molecule has 3 N–H and O–H groups in total. The predicted octanol–water partition coefficient (Wildman–Crippen LogP) is 2.84. The Hall–Kier alpha value is -1.66. The third kappa shape index (κ3) is 2.01. The van der Waals surface area contributed by atoms with Crippen LogP contribution in [0.15, 0.2) is 10.9 Å². The fraction of sp³-hybridized carbons (Fsp3) is 0.308. The van der Waals surface area contributed by atoms with Crippen LogP contribution in [-0.4, -0.2) is 14.5 Å². The van der Waals surface area contributed by atoms with Crippen LogP contribution in [0.2, 0.25) is 10.2 Å². The van der Waals surface area contributed by atoms with Gasteiger partial charge >= 0.3 is 0 Å². The molecule has 2 heterocycles. The number of phenols is 1. The van der Waals surface area contributed by atoms with E-state index in [4.69, 9.17) is 28.9 Å². The van der Waals surface area contributed by atoms with E-state index in [0.29, 0.717) is 13.1 Å². The summed E-state index contributed by atoms with van der Waals surface area (Å²) in [6.45, 7) is 1.09. The lowest BCUT2D eigenvalue weighted by Gasteiger charge is -2.17. The summed E-state index contributed by atoms with van der Waals surface area (Å²) < 4.78 is 17.3. The summed E-state index contributed by atoms with van der Waals surface area (Å²) >= 11 is 11.9. The van der Waals surface area contributed by atoms with Gasteiger partial charge in [0.2, 0.25) is 0 Å². The van der Waals surface area contributed by atoms with Gasteiger partial charge in [-0.15, -0.1) is 0 Å². The van der Waals surface area contributed by atoms with Crippen molar-refractivity contribution in [3.63, 3.8) is 0 Å².